The van der Waals surface area contributed by atoms with Gasteiger partial charge in [0.2, 0.25) is 0 Å². The molecule has 0 heterocycles. The number of benzene rings is 1. The molecule has 0 fully saturated rings. The Labute approximate surface area is 112 Å². The smallest absolute Gasteiger partial charge is 0.0205 e. The zero-order valence-corrected chi connectivity index (χ0v) is 12.6. The summed E-state index contributed by atoms with van der Waals surface area (Å²) in [5.41, 5.74) is 5.20. The molecule has 0 aliphatic heterocycles. The quantitative estimate of drug-likeness (QED) is 0.843. The van der Waals surface area contributed by atoms with Gasteiger partial charge in [0.25, 0.3) is 0 Å². The molecule has 0 radical (unpaired) electrons. The van der Waals surface area contributed by atoms with Crippen molar-refractivity contribution in [2.45, 2.75) is 64.8 Å². The summed E-state index contributed by atoms with van der Waals surface area (Å²) in [6.45, 7) is 13.7. The number of nitrogens with one attached hydrogen (secondary N) is 1. The average molecular weight is 245 g/mol. The first-order chi connectivity index (χ1) is 8.37. The molecule has 1 nitrogen and oxygen atoms in total. The topological polar surface area (TPSA) is 12.0 Å². The normalized spacial score (nSPS) is 20.5. The molecule has 0 saturated heterocycles. The molecular formula is C17H27N. The van der Waals surface area contributed by atoms with E-state index in [9.17, 15) is 0 Å². The van der Waals surface area contributed by atoms with E-state index in [1.807, 2.05) is 0 Å². The Kier molecular flexibility index (Phi) is 3.55. The van der Waals surface area contributed by atoms with Crippen molar-refractivity contribution < 1.29 is 0 Å². The molecule has 0 bridgehead atoms. The highest BCUT2D eigenvalue weighted by atomic mass is 14.8. The van der Waals surface area contributed by atoms with Crippen LogP contribution in [-0.2, 0) is 17.4 Å². The number of rotatable bonds is 3. The number of hydrogen-bond donors (Lipinski definition) is 1. The fourth-order valence-corrected chi connectivity index (χ4v) is 3.02. The van der Waals surface area contributed by atoms with Gasteiger partial charge in [0.05, 0.1) is 0 Å². The van der Waals surface area contributed by atoms with Crippen molar-refractivity contribution >= 4 is 0 Å². The van der Waals surface area contributed by atoms with Gasteiger partial charge in [-0.3, -0.25) is 0 Å². The Balaban J connectivity index is 2.42. The SMILES string of the molecule is CCNCc1ccc2c(c1)C(C)(C)CCC2(C)C. The van der Waals surface area contributed by atoms with E-state index < -0.39 is 0 Å². The third-order valence-corrected chi connectivity index (χ3v) is 4.50. The second-order valence-electron chi connectivity index (χ2n) is 6.93. The molecular weight excluding hydrogens is 218 g/mol. The van der Waals surface area contributed by atoms with Gasteiger partial charge in [-0.1, -0.05) is 52.8 Å². The second kappa shape index (κ2) is 4.70. The molecule has 0 spiro atoms. The molecule has 2 rings (SSSR count). The summed E-state index contributed by atoms with van der Waals surface area (Å²) >= 11 is 0. The van der Waals surface area contributed by atoms with Gasteiger partial charge in [0.1, 0.15) is 0 Å². The molecule has 1 aliphatic rings. The lowest BCUT2D eigenvalue weighted by Crippen LogP contribution is -2.34. The second-order valence-corrected chi connectivity index (χ2v) is 6.93. The van der Waals surface area contributed by atoms with Crippen molar-refractivity contribution in [1.29, 1.82) is 0 Å². The summed E-state index contributed by atoms with van der Waals surface area (Å²) in [5, 5.41) is 3.42. The molecule has 1 aliphatic carbocycles. The van der Waals surface area contributed by atoms with E-state index in [-0.39, 0.29) is 0 Å². The van der Waals surface area contributed by atoms with Crippen LogP contribution in [0.3, 0.4) is 0 Å². The molecule has 1 N–H and O–H groups in total. The van der Waals surface area contributed by atoms with Crippen LogP contribution in [0.2, 0.25) is 0 Å². The Hall–Kier alpha value is -0.820. The first kappa shape index (κ1) is 13.6. The van der Waals surface area contributed by atoms with Crippen LogP contribution >= 0.6 is 0 Å². The van der Waals surface area contributed by atoms with E-state index in [0.29, 0.717) is 10.8 Å². The number of fused-ring (bicyclic) bond motifs is 1. The van der Waals surface area contributed by atoms with Gasteiger partial charge in [0, 0.05) is 6.54 Å². The highest BCUT2D eigenvalue weighted by Gasteiger charge is 2.36. The first-order valence-corrected chi connectivity index (χ1v) is 7.21. The van der Waals surface area contributed by atoms with E-state index in [0.717, 1.165) is 13.1 Å². The Morgan fingerprint density at radius 3 is 2.22 bits per heavy atom. The van der Waals surface area contributed by atoms with Gasteiger partial charge in [-0.05, 0) is 46.9 Å². The molecule has 1 heteroatoms. The standard InChI is InChI=1S/C17H27N/c1-6-18-12-13-7-8-14-15(11-13)17(4,5)10-9-16(14,2)3/h7-8,11,18H,6,9-10,12H2,1-5H3. The van der Waals surface area contributed by atoms with E-state index in [1.54, 1.807) is 11.1 Å². The fourth-order valence-electron chi connectivity index (χ4n) is 3.02. The van der Waals surface area contributed by atoms with Crippen LogP contribution in [0.4, 0.5) is 0 Å². The van der Waals surface area contributed by atoms with Gasteiger partial charge >= 0.3 is 0 Å². The lowest BCUT2D eigenvalue weighted by Gasteiger charge is -2.42. The largest absolute Gasteiger partial charge is 0.313 e. The summed E-state index contributed by atoms with van der Waals surface area (Å²) in [5.74, 6) is 0. The molecule has 1 aromatic carbocycles. The van der Waals surface area contributed by atoms with Crippen molar-refractivity contribution in [2.24, 2.45) is 0 Å². The third-order valence-electron chi connectivity index (χ3n) is 4.50. The summed E-state index contributed by atoms with van der Waals surface area (Å²) in [6.07, 6.45) is 2.58. The molecule has 1 aromatic rings. The van der Waals surface area contributed by atoms with Gasteiger partial charge in [0.15, 0.2) is 0 Å². The number of hydrogen-bond acceptors (Lipinski definition) is 1. The lowest BCUT2D eigenvalue weighted by atomic mass is 9.63. The Morgan fingerprint density at radius 1 is 1.00 bits per heavy atom. The predicted octanol–water partition coefficient (Wildman–Crippen LogP) is 4.15. The Morgan fingerprint density at radius 2 is 1.61 bits per heavy atom. The van der Waals surface area contributed by atoms with Crippen LogP contribution in [0.15, 0.2) is 18.2 Å². The minimum Gasteiger partial charge on any atom is -0.313 e. The maximum Gasteiger partial charge on any atom is 0.0205 e. The van der Waals surface area contributed by atoms with Crippen LogP contribution in [0.25, 0.3) is 0 Å². The van der Waals surface area contributed by atoms with E-state index >= 15 is 0 Å². The van der Waals surface area contributed by atoms with Crippen LogP contribution < -0.4 is 5.32 Å². The van der Waals surface area contributed by atoms with Crippen LogP contribution in [0, 0.1) is 0 Å². The molecule has 100 valence electrons. The van der Waals surface area contributed by atoms with Gasteiger partial charge in [-0.25, -0.2) is 0 Å². The van der Waals surface area contributed by atoms with Crippen LogP contribution in [-0.4, -0.2) is 6.54 Å². The monoisotopic (exact) mass is 245 g/mol. The molecule has 0 aromatic heterocycles. The van der Waals surface area contributed by atoms with Gasteiger partial charge in [-0.2, -0.15) is 0 Å². The average Bonchev–Trinajstić information content (AvgIpc) is 2.32. The summed E-state index contributed by atoms with van der Waals surface area (Å²) in [4.78, 5) is 0. The van der Waals surface area contributed by atoms with Crippen molar-refractivity contribution in [2.75, 3.05) is 6.54 Å². The molecule has 0 unspecified atom stereocenters. The zero-order valence-electron chi connectivity index (χ0n) is 12.6. The maximum atomic E-state index is 3.42. The Bertz CT molecular complexity index is 429. The van der Waals surface area contributed by atoms with Crippen LogP contribution in [0.1, 0.15) is 64.2 Å². The molecule has 0 atom stereocenters. The van der Waals surface area contributed by atoms with E-state index in [4.69, 9.17) is 0 Å². The maximum absolute atomic E-state index is 3.42. The molecule has 0 saturated carbocycles. The molecule has 18 heavy (non-hydrogen) atoms. The predicted molar refractivity (Wildman–Crippen MR) is 79.1 cm³/mol. The van der Waals surface area contributed by atoms with Crippen molar-refractivity contribution in [1.82, 2.24) is 5.32 Å². The highest BCUT2D eigenvalue weighted by Crippen LogP contribution is 2.45. The van der Waals surface area contributed by atoms with E-state index in [1.165, 1.54) is 18.4 Å². The summed E-state index contributed by atoms with van der Waals surface area (Å²) in [6, 6.07) is 7.09. The van der Waals surface area contributed by atoms with Crippen molar-refractivity contribution in [3.8, 4) is 0 Å². The molecule has 0 amide bonds. The summed E-state index contributed by atoms with van der Waals surface area (Å²) < 4.78 is 0. The zero-order chi connectivity index (χ0) is 13.4. The fraction of sp³-hybridized carbons (Fsp3) is 0.647. The highest BCUT2D eigenvalue weighted by molar-refractivity contribution is 5.43. The summed E-state index contributed by atoms with van der Waals surface area (Å²) in [7, 11) is 0. The van der Waals surface area contributed by atoms with Gasteiger partial charge < -0.3 is 5.32 Å². The minimum atomic E-state index is 0.326. The van der Waals surface area contributed by atoms with Gasteiger partial charge in [-0.15, -0.1) is 0 Å². The first-order valence-electron chi connectivity index (χ1n) is 7.21. The van der Waals surface area contributed by atoms with Crippen LogP contribution in [0.5, 0.6) is 0 Å². The third kappa shape index (κ3) is 2.47. The van der Waals surface area contributed by atoms with Crippen molar-refractivity contribution in [3.05, 3.63) is 34.9 Å². The van der Waals surface area contributed by atoms with Crippen molar-refractivity contribution in [3.63, 3.8) is 0 Å². The minimum absolute atomic E-state index is 0.326. The van der Waals surface area contributed by atoms with E-state index in [2.05, 4.69) is 58.1 Å². The lowest BCUT2D eigenvalue weighted by molar-refractivity contribution is 0.331.